The van der Waals surface area contributed by atoms with Gasteiger partial charge >= 0.3 is 23.9 Å². The van der Waals surface area contributed by atoms with E-state index in [0.29, 0.717) is 5.57 Å². The number of rotatable bonds is 8. The van der Waals surface area contributed by atoms with Crippen LogP contribution in [0, 0.1) is 29.1 Å². The fourth-order valence-corrected chi connectivity index (χ4v) is 3.41. The number of carboxylic acid groups (broad SMARTS) is 3. The average molecular weight is 398 g/mol. The van der Waals surface area contributed by atoms with Gasteiger partial charge in [-0.15, -0.1) is 0 Å². The van der Waals surface area contributed by atoms with E-state index in [4.69, 9.17) is 4.74 Å². The summed E-state index contributed by atoms with van der Waals surface area (Å²) in [5.41, 5.74) is -1.52. The fourth-order valence-electron chi connectivity index (χ4n) is 3.41. The molecule has 0 aromatic heterocycles. The maximum Gasteiger partial charge on any atom is 0.311 e. The Morgan fingerprint density at radius 2 is 1.71 bits per heavy atom. The second-order valence-electron chi connectivity index (χ2n) is 8.61. The first-order valence-corrected chi connectivity index (χ1v) is 9.22. The summed E-state index contributed by atoms with van der Waals surface area (Å²) < 4.78 is 5.61. The van der Waals surface area contributed by atoms with Gasteiger partial charge in [0, 0.05) is 5.41 Å². The lowest BCUT2D eigenvalue weighted by atomic mass is 9.60. The first-order valence-electron chi connectivity index (χ1n) is 9.22. The fraction of sp³-hybridized carbons (Fsp3) is 0.700. The van der Waals surface area contributed by atoms with Gasteiger partial charge in [-0.25, -0.2) is 0 Å². The van der Waals surface area contributed by atoms with Gasteiger partial charge in [-0.3, -0.25) is 19.2 Å². The monoisotopic (exact) mass is 398 g/mol. The number of hydrogen-bond donors (Lipinski definition) is 3. The molecule has 28 heavy (non-hydrogen) atoms. The molecule has 0 amide bonds. The van der Waals surface area contributed by atoms with Crippen LogP contribution < -0.4 is 0 Å². The van der Waals surface area contributed by atoms with Crippen LogP contribution in [0.4, 0.5) is 0 Å². The molecule has 1 aliphatic carbocycles. The van der Waals surface area contributed by atoms with Crippen molar-refractivity contribution in [3.63, 3.8) is 0 Å². The summed E-state index contributed by atoms with van der Waals surface area (Å²) in [5.74, 6) is -8.19. The molecule has 0 bridgehead atoms. The molecule has 4 atom stereocenters. The Labute approximate surface area is 164 Å². The van der Waals surface area contributed by atoms with E-state index in [1.54, 1.807) is 27.7 Å². The molecule has 0 aromatic carbocycles. The van der Waals surface area contributed by atoms with Gasteiger partial charge < -0.3 is 20.1 Å². The molecule has 3 N–H and O–H groups in total. The van der Waals surface area contributed by atoms with Crippen molar-refractivity contribution in [2.45, 2.75) is 60.0 Å². The Morgan fingerprint density at radius 3 is 2.11 bits per heavy atom. The normalized spacial score (nSPS) is 26.3. The van der Waals surface area contributed by atoms with Crippen LogP contribution in [0.15, 0.2) is 11.6 Å². The van der Waals surface area contributed by atoms with Crippen LogP contribution in [-0.4, -0.2) is 44.8 Å². The number of carbonyl (C=O) groups excluding carboxylic acids is 1. The van der Waals surface area contributed by atoms with Crippen LogP contribution in [0.5, 0.6) is 0 Å². The summed E-state index contributed by atoms with van der Waals surface area (Å²) >= 11 is 0. The summed E-state index contributed by atoms with van der Waals surface area (Å²) in [6.45, 7) is 10.4. The van der Waals surface area contributed by atoms with E-state index in [0.717, 1.165) is 0 Å². The third-order valence-electron chi connectivity index (χ3n) is 6.20. The van der Waals surface area contributed by atoms with Crippen molar-refractivity contribution in [1.29, 1.82) is 0 Å². The Balaban J connectivity index is 3.41. The summed E-state index contributed by atoms with van der Waals surface area (Å²) in [4.78, 5) is 47.6. The lowest BCUT2D eigenvalue weighted by Gasteiger charge is -2.44. The standard InChI is InChI=1S/C20H30O8/c1-10(2)19(4,5)28-18(27)14(8-15(21)22)20(6)9-13(17(25)26)12(16(23)24)7-11(20)3/h7,10,12-14H,8-9H2,1-6H3,(H,21,22)(H,23,24)(H,25,26). The number of hydrogen-bond acceptors (Lipinski definition) is 5. The minimum atomic E-state index is -1.30. The lowest BCUT2D eigenvalue weighted by molar-refractivity contribution is -0.174. The molecule has 1 rings (SSSR count). The summed E-state index contributed by atoms with van der Waals surface area (Å²) in [6, 6.07) is 0. The third-order valence-corrected chi connectivity index (χ3v) is 6.20. The maximum absolute atomic E-state index is 13.0. The Morgan fingerprint density at radius 1 is 1.18 bits per heavy atom. The molecule has 8 nitrogen and oxygen atoms in total. The van der Waals surface area contributed by atoms with Gasteiger partial charge in [0.2, 0.25) is 0 Å². The molecule has 0 fully saturated rings. The Hall–Kier alpha value is -2.38. The van der Waals surface area contributed by atoms with E-state index >= 15 is 0 Å². The molecule has 0 aromatic rings. The zero-order valence-corrected chi connectivity index (χ0v) is 17.2. The average Bonchev–Trinajstić information content (AvgIpc) is 2.53. The van der Waals surface area contributed by atoms with Crippen molar-refractivity contribution >= 4 is 23.9 Å². The number of carboxylic acids is 3. The van der Waals surface area contributed by atoms with Crippen molar-refractivity contribution in [2.75, 3.05) is 0 Å². The molecule has 0 saturated heterocycles. The van der Waals surface area contributed by atoms with Gasteiger partial charge in [0.05, 0.1) is 24.2 Å². The Kier molecular flexibility index (Phi) is 7.03. The molecular weight excluding hydrogens is 368 g/mol. The highest BCUT2D eigenvalue weighted by molar-refractivity contribution is 5.84. The predicted molar refractivity (Wildman–Crippen MR) is 99.5 cm³/mol. The van der Waals surface area contributed by atoms with E-state index in [-0.39, 0.29) is 12.3 Å². The van der Waals surface area contributed by atoms with Crippen molar-refractivity contribution in [2.24, 2.45) is 29.1 Å². The highest BCUT2D eigenvalue weighted by atomic mass is 16.6. The molecule has 0 spiro atoms. The quantitative estimate of drug-likeness (QED) is 0.419. The molecule has 0 heterocycles. The van der Waals surface area contributed by atoms with Crippen LogP contribution in [0.2, 0.25) is 0 Å². The molecule has 0 saturated carbocycles. The van der Waals surface area contributed by atoms with Crippen molar-refractivity contribution in [3.05, 3.63) is 11.6 Å². The molecule has 1 aliphatic rings. The third kappa shape index (κ3) is 4.91. The van der Waals surface area contributed by atoms with Gasteiger partial charge in [-0.05, 0) is 33.1 Å². The van der Waals surface area contributed by atoms with Crippen molar-refractivity contribution < 1.29 is 39.2 Å². The Bertz CT molecular complexity index is 690. The van der Waals surface area contributed by atoms with E-state index in [1.807, 2.05) is 13.8 Å². The number of esters is 1. The van der Waals surface area contributed by atoms with Crippen molar-refractivity contribution in [3.8, 4) is 0 Å². The lowest BCUT2D eigenvalue weighted by Crippen LogP contribution is -2.47. The zero-order valence-electron chi connectivity index (χ0n) is 17.2. The van der Waals surface area contributed by atoms with Crippen LogP contribution in [0.3, 0.4) is 0 Å². The SMILES string of the molecule is CC1=CC(C(=O)O)C(C(=O)O)CC1(C)C(CC(=O)O)C(=O)OC(C)(C)C(C)C. The first-order chi connectivity index (χ1) is 12.6. The van der Waals surface area contributed by atoms with Crippen molar-refractivity contribution in [1.82, 2.24) is 0 Å². The van der Waals surface area contributed by atoms with E-state index in [2.05, 4.69) is 0 Å². The molecule has 4 unspecified atom stereocenters. The smallest absolute Gasteiger partial charge is 0.311 e. The van der Waals surface area contributed by atoms with Gasteiger partial charge in [0.1, 0.15) is 5.60 Å². The minimum absolute atomic E-state index is 0.0270. The topological polar surface area (TPSA) is 138 Å². The van der Waals surface area contributed by atoms with Gasteiger partial charge in [-0.1, -0.05) is 32.4 Å². The summed E-state index contributed by atoms with van der Waals surface area (Å²) in [5, 5.41) is 28.2. The molecule has 8 heteroatoms. The van der Waals surface area contributed by atoms with E-state index in [1.165, 1.54) is 6.08 Å². The summed E-state index contributed by atoms with van der Waals surface area (Å²) in [6.07, 6.45) is 0.607. The number of ether oxygens (including phenoxy) is 1. The summed E-state index contributed by atoms with van der Waals surface area (Å²) in [7, 11) is 0. The maximum atomic E-state index is 13.0. The first kappa shape index (κ1) is 23.7. The molecule has 158 valence electrons. The van der Waals surface area contributed by atoms with Crippen LogP contribution in [0.1, 0.15) is 54.4 Å². The number of allylic oxidation sites excluding steroid dienone is 1. The zero-order chi connectivity index (χ0) is 22.0. The highest BCUT2D eigenvalue weighted by Gasteiger charge is 2.51. The predicted octanol–water partition coefficient (Wildman–Crippen LogP) is 2.81. The molecular formula is C20H30O8. The van der Waals surface area contributed by atoms with E-state index < -0.39 is 59.1 Å². The largest absolute Gasteiger partial charge is 0.481 e. The van der Waals surface area contributed by atoms with Gasteiger partial charge in [0.15, 0.2) is 0 Å². The number of aliphatic carboxylic acids is 3. The highest BCUT2D eigenvalue weighted by Crippen LogP contribution is 2.49. The van der Waals surface area contributed by atoms with Gasteiger partial charge in [-0.2, -0.15) is 0 Å². The minimum Gasteiger partial charge on any atom is -0.481 e. The van der Waals surface area contributed by atoms with Crippen LogP contribution in [0.25, 0.3) is 0 Å². The number of carbonyl (C=O) groups is 4. The van der Waals surface area contributed by atoms with Crippen LogP contribution >= 0.6 is 0 Å². The molecule has 0 radical (unpaired) electrons. The van der Waals surface area contributed by atoms with E-state index in [9.17, 15) is 34.5 Å². The van der Waals surface area contributed by atoms with Gasteiger partial charge in [0.25, 0.3) is 0 Å². The molecule has 0 aliphatic heterocycles. The van der Waals surface area contributed by atoms with Crippen LogP contribution in [-0.2, 0) is 23.9 Å². The second kappa shape index (κ2) is 8.32. The second-order valence-corrected chi connectivity index (χ2v) is 8.61.